The molecule has 0 aromatic heterocycles. The van der Waals surface area contributed by atoms with E-state index in [1.807, 2.05) is 25.1 Å². The molecule has 2 atom stereocenters. The second-order valence-corrected chi connectivity index (χ2v) is 5.05. The van der Waals surface area contributed by atoms with Crippen molar-refractivity contribution >= 4 is 5.91 Å². The molecule has 0 aliphatic carbocycles. The van der Waals surface area contributed by atoms with E-state index in [1.54, 1.807) is 13.2 Å². The number of carbonyl (C=O) groups is 1. The van der Waals surface area contributed by atoms with Crippen LogP contribution in [0.2, 0.25) is 0 Å². The van der Waals surface area contributed by atoms with Gasteiger partial charge in [-0.1, -0.05) is 19.1 Å². The van der Waals surface area contributed by atoms with Crippen LogP contribution in [0.1, 0.15) is 26.2 Å². The zero-order valence-corrected chi connectivity index (χ0v) is 12.6. The lowest BCUT2D eigenvalue weighted by molar-refractivity contribution is -0.128. The minimum atomic E-state index is -0.525. The number of amides is 1. The molecule has 0 bridgehead atoms. The summed E-state index contributed by atoms with van der Waals surface area (Å²) in [6, 6.07) is 7.33. The monoisotopic (exact) mass is 293 g/mol. The first-order valence-corrected chi connectivity index (χ1v) is 7.43. The number of carbonyl (C=O) groups excluding carboxylic acids is 1. The third kappa shape index (κ3) is 4.36. The number of para-hydroxylation sites is 2. The van der Waals surface area contributed by atoms with Crippen LogP contribution < -0.4 is 14.8 Å². The van der Waals surface area contributed by atoms with Crippen LogP contribution in [0, 0.1) is 0 Å². The molecule has 1 aliphatic heterocycles. The van der Waals surface area contributed by atoms with Gasteiger partial charge < -0.3 is 19.5 Å². The summed E-state index contributed by atoms with van der Waals surface area (Å²) >= 11 is 0. The van der Waals surface area contributed by atoms with Crippen molar-refractivity contribution in [3.8, 4) is 11.5 Å². The summed E-state index contributed by atoms with van der Waals surface area (Å²) in [4.78, 5) is 12.2. The Morgan fingerprint density at radius 1 is 1.43 bits per heavy atom. The maximum absolute atomic E-state index is 12.2. The molecule has 1 aromatic rings. The predicted octanol–water partition coefficient (Wildman–Crippen LogP) is 2.15. The van der Waals surface area contributed by atoms with E-state index in [0.717, 1.165) is 19.4 Å². The van der Waals surface area contributed by atoms with E-state index in [4.69, 9.17) is 14.2 Å². The molecule has 0 unspecified atom stereocenters. The fourth-order valence-electron chi connectivity index (χ4n) is 2.33. The molecular weight excluding hydrogens is 270 g/mol. The number of methoxy groups -OCH3 is 1. The Morgan fingerprint density at radius 3 is 2.81 bits per heavy atom. The number of hydrogen-bond donors (Lipinski definition) is 1. The third-order valence-corrected chi connectivity index (χ3v) is 3.53. The summed E-state index contributed by atoms with van der Waals surface area (Å²) in [7, 11) is 1.58. The number of benzene rings is 1. The zero-order valence-electron chi connectivity index (χ0n) is 12.6. The van der Waals surface area contributed by atoms with Gasteiger partial charge in [-0.25, -0.2) is 0 Å². The van der Waals surface area contributed by atoms with Crippen molar-refractivity contribution in [1.82, 2.24) is 5.32 Å². The van der Waals surface area contributed by atoms with Gasteiger partial charge >= 0.3 is 0 Å². The molecule has 116 valence electrons. The van der Waals surface area contributed by atoms with Crippen LogP contribution in [-0.4, -0.2) is 38.4 Å². The average molecular weight is 293 g/mol. The summed E-state index contributed by atoms with van der Waals surface area (Å²) in [6.45, 7) is 3.26. The van der Waals surface area contributed by atoms with Gasteiger partial charge in [-0.05, 0) is 31.4 Å². The fourth-order valence-corrected chi connectivity index (χ4v) is 2.33. The van der Waals surface area contributed by atoms with Gasteiger partial charge in [0.2, 0.25) is 0 Å². The molecule has 0 radical (unpaired) electrons. The molecule has 0 saturated carbocycles. The zero-order chi connectivity index (χ0) is 15.1. The molecule has 1 fully saturated rings. The first-order valence-electron chi connectivity index (χ1n) is 7.43. The van der Waals surface area contributed by atoms with Gasteiger partial charge in [0.15, 0.2) is 17.6 Å². The van der Waals surface area contributed by atoms with E-state index in [-0.39, 0.29) is 12.0 Å². The van der Waals surface area contributed by atoms with Crippen LogP contribution in [0.3, 0.4) is 0 Å². The Morgan fingerprint density at radius 2 is 2.19 bits per heavy atom. The maximum atomic E-state index is 12.2. The van der Waals surface area contributed by atoms with Gasteiger partial charge in [0.05, 0.1) is 13.2 Å². The standard InChI is InChI=1S/C16H23NO4/c1-3-13(16(18)17-11-12-7-6-10-20-12)21-15-9-5-4-8-14(15)19-2/h4-5,8-9,12-13H,3,6-7,10-11H2,1-2H3,(H,17,18)/t12-,13+/m1/s1. The van der Waals surface area contributed by atoms with Crippen LogP contribution in [0.5, 0.6) is 11.5 Å². The van der Waals surface area contributed by atoms with E-state index in [9.17, 15) is 4.79 Å². The smallest absolute Gasteiger partial charge is 0.261 e. The highest BCUT2D eigenvalue weighted by molar-refractivity contribution is 5.81. The maximum Gasteiger partial charge on any atom is 0.261 e. The molecule has 1 amide bonds. The van der Waals surface area contributed by atoms with E-state index in [2.05, 4.69) is 5.32 Å². The normalized spacial score (nSPS) is 19.0. The SMILES string of the molecule is CC[C@H](Oc1ccccc1OC)C(=O)NC[C@H]1CCCO1. The number of nitrogens with one attached hydrogen (secondary N) is 1. The van der Waals surface area contributed by atoms with Crippen molar-refractivity contribution in [2.24, 2.45) is 0 Å². The second kappa shape index (κ2) is 7.88. The van der Waals surface area contributed by atoms with Gasteiger partial charge in [0.25, 0.3) is 5.91 Å². The predicted molar refractivity (Wildman–Crippen MR) is 79.7 cm³/mol. The Labute approximate surface area is 125 Å². The van der Waals surface area contributed by atoms with Gasteiger partial charge in [-0.15, -0.1) is 0 Å². The van der Waals surface area contributed by atoms with E-state index < -0.39 is 6.10 Å². The lowest BCUT2D eigenvalue weighted by atomic mass is 10.2. The lowest BCUT2D eigenvalue weighted by Gasteiger charge is -2.19. The molecule has 21 heavy (non-hydrogen) atoms. The Bertz CT molecular complexity index is 457. The lowest BCUT2D eigenvalue weighted by Crippen LogP contribution is -2.41. The minimum Gasteiger partial charge on any atom is -0.493 e. The van der Waals surface area contributed by atoms with Crippen molar-refractivity contribution in [3.05, 3.63) is 24.3 Å². The largest absolute Gasteiger partial charge is 0.493 e. The minimum absolute atomic E-state index is 0.112. The summed E-state index contributed by atoms with van der Waals surface area (Å²) in [5, 5.41) is 2.90. The van der Waals surface area contributed by atoms with Gasteiger partial charge in [0.1, 0.15) is 0 Å². The Balaban J connectivity index is 1.90. The highest BCUT2D eigenvalue weighted by Gasteiger charge is 2.22. The number of ether oxygens (including phenoxy) is 3. The second-order valence-electron chi connectivity index (χ2n) is 5.05. The van der Waals surface area contributed by atoms with Gasteiger partial charge in [0, 0.05) is 13.2 Å². The van der Waals surface area contributed by atoms with Crippen LogP contribution in [0.15, 0.2) is 24.3 Å². The third-order valence-electron chi connectivity index (χ3n) is 3.53. The molecule has 1 aromatic carbocycles. The first-order chi connectivity index (χ1) is 10.2. The summed E-state index contributed by atoms with van der Waals surface area (Å²) < 4.78 is 16.5. The summed E-state index contributed by atoms with van der Waals surface area (Å²) in [6.07, 6.45) is 2.27. The van der Waals surface area contributed by atoms with Crippen LogP contribution in [0.25, 0.3) is 0 Å². The fraction of sp³-hybridized carbons (Fsp3) is 0.562. The highest BCUT2D eigenvalue weighted by Crippen LogP contribution is 2.27. The first kappa shape index (κ1) is 15.6. The molecule has 2 rings (SSSR count). The molecule has 0 spiro atoms. The van der Waals surface area contributed by atoms with Crippen molar-refractivity contribution in [3.63, 3.8) is 0 Å². The highest BCUT2D eigenvalue weighted by atomic mass is 16.5. The quantitative estimate of drug-likeness (QED) is 0.837. The average Bonchev–Trinajstić information content (AvgIpc) is 3.04. The molecule has 5 nitrogen and oxygen atoms in total. The van der Waals surface area contributed by atoms with Crippen molar-refractivity contribution in [2.75, 3.05) is 20.3 Å². The molecule has 1 N–H and O–H groups in total. The summed E-state index contributed by atoms with van der Waals surface area (Å²) in [5.41, 5.74) is 0. The van der Waals surface area contributed by atoms with Gasteiger partial charge in [-0.3, -0.25) is 4.79 Å². The van der Waals surface area contributed by atoms with Crippen molar-refractivity contribution < 1.29 is 19.0 Å². The van der Waals surface area contributed by atoms with Crippen LogP contribution >= 0.6 is 0 Å². The van der Waals surface area contributed by atoms with Crippen molar-refractivity contribution in [2.45, 2.75) is 38.4 Å². The molecule has 5 heteroatoms. The molecule has 1 heterocycles. The van der Waals surface area contributed by atoms with Gasteiger partial charge in [-0.2, -0.15) is 0 Å². The Hall–Kier alpha value is -1.75. The van der Waals surface area contributed by atoms with Crippen LogP contribution in [-0.2, 0) is 9.53 Å². The van der Waals surface area contributed by atoms with E-state index in [0.29, 0.717) is 24.5 Å². The molecular formula is C16H23NO4. The van der Waals surface area contributed by atoms with E-state index >= 15 is 0 Å². The number of hydrogen-bond acceptors (Lipinski definition) is 4. The molecule has 1 aliphatic rings. The summed E-state index contributed by atoms with van der Waals surface area (Å²) in [5.74, 6) is 1.10. The molecule has 1 saturated heterocycles. The van der Waals surface area contributed by atoms with E-state index in [1.165, 1.54) is 0 Å². The van der Waals surface area contributed by atoms with Crippen molar-refractivity contribution in [1.29, 1.82) is 0 Å². The Kier molecular flexibility index (Phi) is 5.87. The van der Waals surface area contributed by atoms with Crippen LogP contribution in [0.4, 0.5) is 0 Å². The topological polar surface area (TPSA) is 56.8 Å². The number of rotatable bonds is 7.